The third-order valence-electron chi connectivity index (χ3n) is 4.13. The summed E-state index contributed by atoms with van der Waals surface area (Å²) < 4.78 is 27.5. The van der Waals surface area contributed by atoms with Crippen molar-refractivity contribution >= 4 is 15.9 Å². The zero-order valence-corrected chi connectivity index (χ0v) is 16.9. The summed E-state index contributed by atoms with van der Waals surface area (Å²) in [5, 5.41) is 0. The van der Waals surface area contributed by atoms with Crippen molar-refractivity contribution in [2.75, 3.05) is 33.7 Å². The van der Waals surface area contributed by atoms with E-state index >= 15 is 0 Å². The number of amides is 1. The third-order valence-corrected chi connectivity index (χ3v) is 5.59. The van der Waals surface area contributed by atoms with Gasteiger partial charge in [0, 0.05) is 31.7 Å². The predicted molar refractivity (Wildman–Crippen MR) is 107 cm³/mol. The van der Waals surface area contributed by atoms with Crippen molar-refractivity contribution < 1.29 is 13.2 Å². The first-order valence-electron chi connectivity index (χ1n) is 8.91. The summed E-state index contributed by atoms with van der Waals surface area (Å²) in [5.41, 5.74) is 1.39. The fourth-order valence-corrected chi connectivity index (χ4v) is 3.66. The lowest BCUT2D eigenvalue weighted by Crippen LogP contribution is -2.32. The summed E-state index contributed by atoms with van der Waals surface area (Å²) in [5.74, 6) is -0.188. The molecule has 0 aliphatic rings. The highest BCUT2D eigenvalue weighted by Crippen LogP contribution is 2.15. The maximum atomic E-state index is 12.9. The molecule has 0 saturated carbocycles. The van der Waals surface area contributed by atoms with E-state index in [0.717, 1.165) is 5.56 Å². The Balaban J connectivity index is 2.16. The molecule has 0 spiro atoms. The smallest absolute Gasteiger partial charge is 0.254 e. The lowest BCUT2D eigenvalue weighted by molar-refractivity contribution is 0.0752. The number of carbonyl (C=O) groups is 1. The molecule has 0 aliphatic carbocycles. The number of likely N-dealkylation sites (N-methyl/N-ethyl adjacent to an activating group) is 1. The molecule has 0 fully saturated rings. The predicted octanol–water partition coefficient (Wildman–Crippen LogP) is 2.19. The van der Waals surface area contributed by atoms with E-state index < -0.39 is 10.0 Å². The summed E-state index contributed by atoms with van der Waals surface area (Å²) in [6.45, 7) is 3.82. The minimum absolute atomic E-state index is 0.0999. The van der Waals surface area contributed by atoms with E-state index in [0.29, 0.717) is 31.7 Å². The number of nitrogens with one attached hydrogen (secondary N) is 1. The zero-order chi connectivity index (χ0) is 19.9. The second kappa shape index (κ2) is 9.64. The Bertz CT molecular complexity index is 852. The third kappa shape index (κ3) is 6.16. The average molecular weight is 390 g/mol. The molecule has 2 rings (SSSR count). The molecule has 0 saturated heterocycles. The average Bonchev–Trinajstić information content (AvgIpc) is 2.66. The molecule has 27 heavy (non-hydrogen) atoms. The van der Waals surface area contributed by atoms with Gasteiger partial charge in [0.05, 0.1) is 4.90 Å². The normalized spacial score (nSPS) is 11.6. The maximum absolute atomic E-state index is 12.9. The van der Waals surface area contributed by atoms with Gasteiger partial charge in [0.25, 0.3) is 5.91 Å². The Kier molecular flexibility index (Phi) is 7.53. The van der Waals surface area contributed by atoms with Gasteiger partial charge in [-0.25, -0.2) is 13.1 Å². The van der Waals surface area contributed by atoms with Crippen LogP contribution in [0.1, 0.15) is 22.8 Å². The zero-order valence-electron chi connectivity index (χ0n) is 16.1. The van der Waals surface area contributed by atoms with E-state index in [-0.39, 0.29) is 10.8 Å². The lowest BCUT2D eigenvalue weighted by Gasteiger charge is -2.21. The topological polar surface area (TPSA) is 69.7 Å². The molecule has 7 heteroatoms. The van der Waals surface area contributed by atoms with Gasteiger partial charge in [0.1, 0.15) is 0 Å². The Morgan fingerprint density at radius 1 is 1.04 bits per heavy atom. The Morgan fingerprint density at radius 2 is 1.74 bits per heavy atom. The number of benzene rings is 2. The van der Waals surface area contributed by atoms with Gasteiger partial charge in [0.2, 0.25) is 10.0 Å². The van der Waals surface area contributed by atoms with Gasteiger partial charge in [-0.05, 0) is 44.8 Å². The van der Waals surface area contributed by atoms with Gasteiger partial charge in [0.15, 0.2) is 0 Å². The van der Waals surface area contributed by atoms with E-state index in [1.807, 2.05) is 56.3 Å². The first-order chi connectivity index (χ1) is 12.8. The van der Waals surface area contributed by atoms with Crippen molar-refractivity contribution in [3.8, 4) is 0 Å². The summed E-state index contributed by atoms with van der Waals surface area (Å²) in [6.07, 6.45) is 0. The van der Waals surface area contributed by atoms with Gasteiger partial charge in [-0.2, -0.15) is 0 Å². The van der Waals surface area contributed by atoms with Crippen molar-refractivity contribution in [1.82, 2.24) is 14.5 Å². The summed E-state index contributed by atoms with van der Waals surface area (Å²) in [4.78, 5) is 16.6. The second-order valence-electron chi connectivity index (χ2n) is 6.53. The standard InChI is InChI=1S/C20H27N3O3S/c1-4-23(16-17-9-6-5-7-10-17)20(24)18-11-8-12-19(15-18)27(25,26)21-13-14-22(2)3/h5-12,15,21H,4,13-14,16H2,1-3H3. The quantitative estimate of drug-likeness (QED) is 0.714. The Morgan fingerprint density at radius 3 is 2.37 bits per heavy atom. The van der Waals surface area contributed by atoms with Crippen LogP contribution in [0.4, 0.5) is 0 Å². The molecule has 1 amide bonds. The van der Waals surface area contributed by atoms with Crippen molar-refractivity contribution in [2.45, 2.75) is 18.4 Å². The molecule has 0 unspecified atom stereocenters. The second-order valence-corrected chi connectivity index (χ2v) is 8.30. The summed E-state index contributed by atoms with van der Waals surface area (Å²) in [6, 6.07) is 15.9. The number of hydrogen-bond acceptors (Lipinski definition) is 4. The molecule has 0 heterocycles. The van der Waals surface area contributed by atoms with Crippen molar-refractivity contribution in [2.24, 2.45) is 0 Å². The minimum atomic E-state index is -3.65. The van der Waals surface area contributed by atoms with Crippen LogP contribution in [0.3, 0.4) is 0 Å². The molecule has 2 aromatic rings. The van der Waals surface area contributed by atoms with E-state index in [4.69, 9.17) is 0 Å². The molecule has 0 radical (unpaired) electrons. The highest BCUT2D eigenvalue weighted by Gasteiger charge is 2.19. The number of rotatable bonds is 9. The molecule has 0 aliphatic heterocycles. The van der Waals surface area contributed by atoms with Crippen LogP contribution >= 0.6 is 0 Å². The number of nitrogens with zero attached hydrogens (tertiary/aromatic N) is 2. The molecular formula is C20H27N3O3S. The largest absolute Gasteiger partial charge is 0.335 e. The monoisotopic (exact) mass is 389 g/mol. The van der Waals surface area contributed by atoms with Crippen LogP contribution in [0.5, 0.6) is 0 Å². The molecule has 1 N–H and O–H groups in total. The van der Waals surface area contributed by atoms with Crippen LogP contribution < -0.4 is 4.72 Å². The van der Waals surface area contributed by atoms with E-state index in [1.54, 1.807) is 17.0 Å². The molecule has 2 aromatic carbocycles. The lowest BCUT2D eigenvalue weighted by atomic mass is 10.1. The molecule has 0 atom stereocenters. The fraction of sp³-hybridized carbons (Fsp3) is 0.350. The molecule has 6 nitrogen and oxygen atoms in total. The number of hydrogen-bond donors (Lipinski definition) is 1. The van der Waals surface area contributed by atoms with Crippen molar-refractivity contribution in [3.05, 3.63) is 65.7 Å². The highest BCUT2D eigenvalue weighted by atomic mass is 32.2. The SMILES string of the molecule is CCN(Cc1ccccc1)C(=O)c1cccc(S(=O)(=O)NCCN(C)C)c1. The molecule has 0 aromatic heterocycles. The number of sulfonamides is 1. The molecule has 0 bridgehead atoms. The van der Waals surface area contributed by atoms with Crippen LogP contribution in [0.15, 0.2) is 59.5 Å². The van der Waals surface area contributed by atoms with E-state index in [9.17, 15) is 13.2 Å². The van der Waals surface area contributed by atoms with Crippen LogP contribution in [0, 0.1) is 0 Å². The van der Waals surface area contributed by atoms with Crippen LogP contribution in [0.25, 0.3) is 0 Å². The van der Waals surface area contributed by atoms with Crippen molar-refractivity contribution in [1.29, 1.82) is 0 Å². The fourth-order valence-electron chi connectivity index (χ4n) is 2.60. The summed E-state index contributed by atoms with van der Waals surface area (Å²) >= 11 is 0. The van der Waals surface area contributed by atoms with Gasteiger partial charge in [-0.3, -0.25) is 4.79 Å². The Hall–Kier alpha value is -2.22. The van der Waals surface area contributed by atoms with Crippen LogP contribution in [-0.2, 0) is 16.6 Å². The minimum Gasteiger partial charge on any atom is -0.335 e. The van der Waals surface area contributed by atoms with Gasteiger partial charge >= 0.3 is 0 Å². The van der Waals surface area contributed by atoms with Crippen LogP contribution in [-0.4, -0.2) is 57.9 Å². The summed E-state index contributed by atoms with van der Waals surface area (Å²) in [7, 11) is 0.0986. The van der Waals surface area contributed by atoms with E-state index in [1.165, 1.54) is 12.1 Å². The Labute approximate surface area is 161 Å². The molecule has 146 valence electrons. The first-order valence-corrected chi connectivity index (χ1v) is 10.4. The van der Waals surface area contributed by atoms with Gasteiger partial charge in [-0.15, -0.1) is 0 Å². The van der Waals surface area contributed by atoms with Crippen molar-refractivity contribution in [3.63, 3.8) is 0 Å². The van der Waals surface area contributed by atoms with Gasteiger partial charge in [-0.1, -0.05) is 36.4 Å². The first kappa shape index (κ1) is 21.1. The molecular weight excluding hydrogens is 362 g/mol. The van der Waals surface area contributed by atoms with Gasteiger partial charge < -0.3 is 9.80 Å². The highest BCUT2D eigenvalue weighted by molar-refractivity contribution is 7.89. The maximum Gasteiger partial charge on any atom is 0.254 e. The van der Waals surface area contributed by atoms with E-state index in [2.05, 4.69) is 4.72 Å². The number of carbonyl (C=O) groups excluding carboxylic acids is 1. The van der Waals surface area contributed by atoms with Crippen LogP contribution in [0.2, 0.25) is 0 Å².